The second kappa shape index (κ2) is 5.52. The van der Waals surface area contributed by atoms with Gasteiger partial charge in [0.2, 0.25) is 0 Å². The number of rotatable bonds is 3. The van der Waals surface area contributed by atoms with E-state index in [0.29, 0.717) is 6.61 Å². The highest BCUT2D eigenvalue weighted by Crippen LogP contribution is 2.54. The van der Waals surface area contributed by atoms with Crippen molar-refractivity contribution in [2.75, 3.05) is 18.1 Å². The maximum atomic E-state index is 12.2. The molecule has 2 aliphatic rings. The van der Waals surface area contributed by atoms with Crippen LogP contribution >= 0.6 is 22.6 Å². The third kappa shape index (κ3) is 2.20. The average molecular weight is 388 g/mol. The van der Waals surface area contributed by atoms with Crippen LogP contribution in [-0.2, 0) is 14.3 Å². The molecule has 0 saturated carbocycles. The summed E-state index contributed by atoms with van der Waals surface area (Å²) in [6, 6.07) is 7.77. The minimum absolute atomic E-state index is 0.106. The highest BCUT2D eigenvalue weighted by Gasteiger charge is 2.57. The second-order valence-electron chi connectivity index (χ2n) is 5.31. The molecule has 5 heteroatoms. The average Bonchev–Trinajstić information content (AvgIpc) is 3.04. The van der Waals surface area contributed by atoms with E-state index in [9.17, 15) is 4.79 Å². The number of ether oxygens (including phenoxy) is 3. The highest BCUT2D eigenvalue weighted by atomic mass is 127. The summed E-state index contributed by atoms with van der Waals surface area (Å²) in [4.78, 5) is 12.2. The second-order valence-corrected chi connectivity index (χ2v) is 6.19. The fourth-order valence-corrected chi connectivity index (χ4v) is 3.67. The summed E-state index contributed by atoms with van der Waals surface area (Å²) in [6.45, 7) is 0.503. The molecule has 1 aromatic carbocycles. The first-order valence-electron chi connectivity index (χ1n) is 6.72. The van der Waals surface area contributed by atoms with Crippen LogP contribution in [0.25, 0.3) is 0 Å². The van der Waals surface area contributed by atoms with Gasteiger partial charge in [-0.25, -0.2) is 0 Å². The standard InChI is InChI=1S/C15H17IO4/c1-18-11-4-2-10(3-5-11)13-15(6-7-19-14(15)17)8-12(9-16)20-13/h2-5,12-13H,6-9H2,1H3/t12-,13-,15+/m1/s1. The minimum Gasteiger partial charge on any atom is -0.497 e. The number of cyclic esters (lactones) is 1. The Bertz CT molecular complexity index is 501. The van der Waals surface area contributed by atoms with Crippen molar-refractivity contribution < 1.29 is 19.0 Å². The summed E-state index contributed by atoms with van der Waals surface area (Å²) in [5, 5.41) is 0. The van der Waals surface area contributed by atoms with Crippen LogP contribution in [-0.4, -0.2) is 30.2 Å². The molecule has 4 nitrogen and oxygen atoms in total. The van der Waals surface area contributed by atoms with Crippen LogP contribution < -0.4 is 4.74 Å². The Hall–Kier alpha value is -0.820. The zero-order valence-corrected chi connectivity index (χ0v) is 13.5. The van der Waals surface area contributed by atoms with Crippen molar-refractivity contribution >= 4 is 28.6 Å². The van der Waals surface area contributed by atoms with E-state index in [1.807, 2.05) is 24.3 Å². The Morgan fingerprint density at radius 1 is 1.40 bits per heavy atom. The molecule has 0 radical (unpaired) electrons. The predicted molar refractivity (Wildman–Crippen MR) is 82.1 cm³/mol. The molecule has 0 N–H and O–H groups in total. The molecule has 1 aromatic rings. The molecule has 0 unspecified atom stereocenters. The van der Waals surface area contributed by atoms with E-state index in [1.165, 1.54) is 0 Å². The lowest BCUT2D eigenvalue weighted by Crippen LogP contribution is -2.30. The van der Waals surface area contributed by atoms with Crippen molar-refractivity contribution in [1.82, 2.24) is 0 Å². The van der Waals surface area contributed by atoms with Crippen LogP contribution in [0.5, 0.6) is 5.75 Å². The predicted octanol–water partition coefficient (Wildman–Crippen LogP) is 2.89. The Balaban J connectivity index is 1.94. The third-order valence-corrected chi connectivity index (χ3v) is 5.18. The van der Waals surface area contributed by atoms with Gasteiger partial charge in [0.05, 0.1) is 25.9 Å². The van der Waals surface area contributed by atoms with Crippen LogP contribution in [0, 0.1) is 5.41 Å². The summed E-state index contributed by atoms with van der Waals surface area (Å²) in [5.74, 6) is 0.700. The monoisotopic (exact) mass is 388 g/mol. The molecular weight excluding hydrogens is 371 g/mol. The quantitative estimate of drug-likeness (QED) is 0.454. The number of halogens is 1. The van der Waals surface area contributed by atoms with Crippen molar-refractivity contribution in [3.8, 4) is 5.75 Å². The number of benzene rings is 1. The van der Waals surface area contributed by atoms with Crippen LogP contribution in [0.15, 0.2) is 24.3 Å². The maximum Gasteiger partial charge on any atom is 0.315 e. The first kappa shape index (κ1) is 14.1. The summed E-state index contributed by atoms with van der Waals surface area (Å²) in [6.07, 6.45) is 1.41. The fourth-order valence-electron chi connectivity index (χ4n) is 3.15. The van der Waals surface area contributed by atoms with E-state index in [0.717, 1.165) is 28.6 Å². The minimum atomic E-state index is -0.496. The normalized spacial score (nSPS) is 32.6. The fraction of sp³-hybridized carbons (Fsp3) is 0.533. The number of hydrogen-bond donors (Lipinski definition) is 0. The Labute approximate surface area is 131 Å². The summed E-state index contributed by atoms with van der Waals surface area (Å²) < 4.78 is 17.4. The first-order valence-corrected chi connectivity index (χ1v) is 8.25. The van der Waals surface area contributed by atoms with Crippen molar-refractivity contribution in [3.05, 3.63) is 29.8 Å². The van der Waals surface area contributed by atoms with Crippen LogP contribution in [0.4, 0.5) is 0 Å². The molecule has 20 heavy (non-hydrogen) atoms. The van der Waals surface area contributed by atoms with E-state index in [-0.39, 0.29) is 18.2 Å². The molecule has 0 aliphatic carbocycles. The molecule has 2 aliphatic heterocycles. The van der Waals surface area contributed by atoms with Crippen molar-refractivity contribution in [1.29, 1.82) is 0 Å². The zero-order valence-electron chi connectivity index (χ0n) is 11.3. The summed E-state index contributed by atoms with van der Waals surface area (Å²) in [7, 11) is 1.64. The van der Waals surface area contributed by atoms with Gasteiger partial charge in [-0.1, -0.05) is 34.7 Å². The van der Waals surface area contributed by atoms with Gasteiger partial charge in [-0.2, -0.15) is 0 Å². The van der Waals surface area contributed by atoms with Crippen LogP contribution in [0.3, 0.4) is 0 Å². The summed E-state index contributed by atoms with van der Waals surface area (Å²) in [5.41, 5.74) is 0.529. The lowest BCUT2D eigenvalue weighted by atomic mass is 9.76. The van der Waals surface area contributed by atoms with Crippen LogP contribution in [0.2, 0.25) is 0 Å². The molecule has 2 heterocycles. The smallest absolute Gasteiger partial charge is 0.315 e. The first-order chi connectivity index (χ1) is 9.69. The molecule has 2 saturated heterocycles. The maximum absolute atomic E-state index is 12.2. The largest absolute Gasteiger partial charge is 0.497 e. The number of carbonyl (C=O) groups excluding carboxylic acids is 1. The van der Waals surface area contributed by atoms with E-state index in [1.54, 1.807) is 7.11 Å². The van der Waals surface area contributed by atoms with Gasteiger partial charge in [-0.05, 0) is 24.1 Å². The Kier molecular flexibility index (Phi) is 3.90. The zero-order chi connectivity index (χ0) is 14.2. The summed E-state index contributed by atoms with van der Waals surface area (Å²) >= 11 is 2.31. The van der Waals surface area contributed by atoms with Gasteiger partial charge in [0, 0.05) is 10.8 Å². The van der Waals surface area contributed by atoms with E-state index in [2.05, 4.69) is 22.6 Å². The SMILES string of the molecule is COc1ccc([C@H]2O[C@@H](CI)C[C@@]23CCOC3=O)cc1. The van der Waals surface area contributed by atoms with Gasteiger partial charge in [0.15, 0.2) is 0 Å². The number of methoxy groups -OCH3 is 1. The molecule has 1 spiro atoms. The lowest BCUT2D eigenvalue weighted by molar-refractivity contribution is -0.149. The van der Waals surface area contributed by atoms with Gasteiger partial charge in [0.1, 0.15) is 11.2 Å². The lowest BCUT2D eigenvalue weighted by Gasteiger charge is -2.25. The van der Waals surface area contributed by atoms with Gasteiger partial charge in [-0.15, -0.1) is 0 Å². The molecule has 0 aromatic heterocycles. The van der Waals surface area contributed by atoms with E-state index in [4.69, 9.17) is 14.2 Å². The molecule has 0 bridgehead atoms. The highest BCUT2D eigenvalue weighted by molar-refractivity contribution is 14.1. The topological polar surface area (TPSA) is 44.8 Å². The van der Waals surface area contributed by atoms with Crippen molar-refractivity contribution in [3.63, 3.8) is 0 Å². The molecule has 108 valence electrons. The molecule has 0 amide bonds. The van der Waals surface area contributed by atoms with E-state index < -0.39 is 5.41 Å². The van der Waals surface area contributed by atoms with E-state index >= 15 is 0 Å². The number of esters is 1. The van der Waals surface area contributed by atoms with Crippen molar-refractivity contribution in [2.45, 2.75) is 25.0 Å². The molecular formula is C15H17IO4. The van der Waals surface area contributed by atoms with Crippen LogP contribution in [0.1, 0.15) is 24.5 Å². The molecule has 3 rings (SSSR count). The third-order valence-electron chi connectivity index (χ3n) is 4.20. The van der Waals surface area contributed by atoms with Gasteiger partial charge in [-0.3, -0.25) is 4.79 Å². The molecule has 2 fully saturated rings. The van der Waals surface area contributed by atoms with Gasteiger partial charge >= 0.3 is 5.97 Å². The van der Waals surface area contributed by atoms with Gasteiger partial charge in [0.25, 0.3) is 0 Å². The van der Waals surface area contributed by atoms with Crippen molar-refractivity contribution in [2.24, 2.45) is 5.41 Å². The molecule has 3 atom stereocenters. The van der Waals surface area contributed by atoms with Gasteiger partial charge < -0.3 is 14.2 Å². The Morgan fingerprint density at radius 3 is 2.70 bits per heavy atom. The number of carbonyl (C=O) groups is 1. The Morgan fingerprint density at radius 2 is 2.15 bits per heavy atom. The number of alkyl halides is 1. The number of hydrogen-bond acceptors (Lipinski definition) is 4.